The summed E-state index contributed by atoms with van der Waals surface area (Å²) in [5.41, 5.74) is 6.32. The minimum absolute atomic E-state index is 0.105. The minimum atomic E-state index is -0.312. The molecule has 0 bridgehead atoms. The number of aliphatic hydroxyl groups is 1. The first-order valence-electron chi connectivity index (χ1n) is 4.83. The predicted molar refractivity (Wildman–Crippen MR) is 56.3 cm³/mol. The van der Waals surface area contributed by atoms with Crippen molar-refractivity contribution in [1.29, 1.82) is 0 Å². The average Bonchev–Trinajstić information content (AvgIpc) is 2.59. The standard InChI is InChI=1S/C9H16N4O2/c1-3-13-8(7(10)4-11-13)9(15)12-6(2)5-14/h4,6,14H,3,5,10H2,1-2H3,(H,12,15)/t6-/m0/s1. The quantitative estimate of drug-likeness (QED) is 0.633. The number of carbonyl (C=O) groups is 1. The number of nitrogens with zero attached hydrogens (tertiary/aromatic N) is 2. The van der Waals surface area contributed by atoms with Crippen LogP contribution in [0.1, 0.15) is 24.3 Å². The van der Waals surface area contributed by atoms with Crippen molar-refractivity contribution in [3.05, 3.63) is 11.9 Å². The number of aliphatic hydroxyl groups excluding tert-OH is 1. The molecule has 1 atom stereocenters. The fraction of sp³-hybridized carbons (Fsp3) is 0.556. The fourth-order valence-electron chi connectivity index (χ4n) is 1.23. The third-order valence-corrected chi connectivity index (χ3v) is 2.03. The molecular weight excluding hydrogens is 196 g/mol. The van der Waals surface area contributed by atoms with Gasteiger partial charge in [0.05, 0.1) is 18.5 Å². The Balaban J connectivity index is 2.85. The summed E-state index contributed by atoms with van der Waals surface area (Å²) in [5.74, 6) is -0.312. The molecule has 0 unspecified atom stereocenters. The molecule has 0 radical (unpaired) electrons. The van der Waals surface area contributed by atoms with E-state index in [2.05, 4.69) is 10.4 Å². The molecule has 6 nitrogen and oxygen atoms in total. The largest absolute Gasteiger partial charge is 0.396 e. The number of hydrogen-bond donors (Lipinski definition) is 3. The molecule has 0 spiro atoms. The Hall–Kier alpha value is -1.56. The second kappa shape index (κ2) is 4.79. The summed E-state index contributed by atoms with van der Waals surface area (Å²) in [4.78, 5) is 11.7. The van der Waals surface area contributed by atoms with E-state index in [4.69, 9.17) is 10.8 Å². The van der Waals surface area contributed by atoms with Crippen LogP contribution in [-0.4, -0.2) is 33.4 Å². The second-order valence-corrected chi connectivity index (χ2v) is 3.32. The van der Waals surface area contributed by atoms with Gasteiger partial charge in [0.25, 0.3) is 5.91 Å². The molecule has 15 heavy (non-hydrogen) atoms. The van der Waals surface area contributed by atoms with Gasteiger partial charge < -0.3 is 16.2 Å². The molecule has 0 aliphatic heterocycles. The summed E-state index contributed by atoms with van der Waals surface area (Å²) in [7, 11) is 0. The lowest BCUT2D eigenvalue weighted by Crippen LogP contribution is -2.36. The van der Waals surface area contributed by atoms with Crippen molar-refractivity contribution in [3.63, 3.8) is 0 Å². The van der Waals surface area contributed by atoms with Crippen LogP contribution >= 0.6 is 0 Å². The highest BCUT2D eigenvalue weighted by Crippen LogP contribution is 2.10. The Bertz CT molecular complexity index is 348. The van der Waals surface area contributed by atoms with Crippen LogP contribution in [0.15, 0.2) is 6.20 Å². The first-order chi connectivity index (χ1) is 7.10. The number of hydrogen-bond acceptors (Lipinski definition) is 4. The number of anilines is 1. The van der Waals surface area contributed by atoms with Crippen molar-refractivity contribution >= 4 is 11.6 Å². The fourth-order valence-corrected chi connectivity index (χ4v) is 1.23. The van der Waals surface area contributed by atoms with Crippen molar-refractivity contribution in [3.8, 4) is 0 Å². The molecule has 0 saturated carbocycles. The molecule has 1 aromatic rings. The molecular formula is C9H16N4O2. The number of amides is 1. The lowest BCUT2D eigenvalue weighted by molar-refractivity contribution is 0.0912. The van der Waals surface area contributed by atoms with Crippen molar-refractivity contribution in [1.82, 2.24) is 15.1 Å². The van der Waals surface area contributed by atoms with Gasteiger partial charge >= 0.3 is 0 Å². The topological polar surface area (TPSA) is 93.2 Å². The third-order valence-electron chi connectivity index (χ3n) is 2.03. The zero-order chi connectivity index (χ0) is 11.4. The Kier molecular flexibility index (Phi) is 3.68. The number of carbonyl (C=O) groups excluding carboxylic acids is 1. The highest BCUT2D eigenvalue weighted by molar-refractivity contribution is 5.97. The van der Waals surface area contributed by atoms with Gasteiger partial charge in [-0.25, -0.2) is 0 Å². The van der Waals surface area contributed by atoms with Crippen LogP contribution in [0.3, 0.4) is 0 Å². The maximum Gasteiger partial charge on any atom is 0.271 e. The van der Waals surface area contributed by atoms with Crippen LogP contribution in [0.5, 0.6) is 0 Å². The smallest absolute Gasteiger partial charge is 0.271 e. The number of aromatic nitrogens is 2. The Morgan fingerprint density at radius 2 is 2.47 bits per heavy atom. The summed E-state index contributed by atoms with van der Waals surface area (Å²) in [6, 6.07) is -0.294. The maximum atomic E-state index is 11.7. The number of nitrogen functional groups attached to an aromatic ring is 1. The van der Waals surface area contributed by atoms with E-state index in [0.717, 1.165) is 0 Å². The van der Waals surface area contributed by atoms with Crippen molar-refractivity contribution in [2.24, 2.45) is 0 Å². The van der Waals surface area contributed by atoms with Gasteiger partial charge in [0.2, 0.25) is 0 Å². The average molecular weight is 212 g/mol. The van der Waals surface area contributed by atoms with Crippen LogP contribution in [0, 0.1) is 0 Å². The molecule has 1 aromatic heterocycles. The van der Waals surface area contributed by atoms with Gasteiger partial charge in [-0.2, -0.15) is 5.10 Å². The number of aryl methyl sites for hydroxylation is 1. The van der Waals surface area contributed by atoms with Gasteiger partial charge in [0.1, 0.15) is 5.69 Å². The van der Waals surface area contributed by atoms with E-state index in [1.807, 2.05) is 6.92 Å². The van der Waals surface area contributed by atoms with Crippen LogP contribution in [0.25, 0.3) is 0 Å². The van der Waals surface area contributed by atoms with Crippen LogP contribution in [0.4, 0.5) is 5.69 Å². The molecule has 1 amide bonds. The van der Waals surface area contributed by atoms with Gasteiger partial charge in [0, 0.05) is 12.6 Å². The second-order valence-electron chi connectivity index (χ2n) is 3.32. The first kappa shape index (κ1) is 11.5. The molecule has 6 heteroatoms. The zero-order valence-corrected chi connectivity index (χ0v) is 8.90. The summed E-state index contributed by atoms with van der Waals surface area (Å²) in [6.07, 6.45) is 1.45. The number of nitrogens with one attached hydrogen (secondary N) is 1. The predicted octanol–water partition coefficient (Wildman–Crippen LogP) is -0.404. The van der Waals surface area contributed by atoms with E-state index in [9.17, 15) is 4.79 Å². The number of rotatable bonds is 4. The zero-order valence-electron chi connectivity index (χ0n) is 8.90. The van der Waals surface area contributed by atoms with E-state index >= 15 is 0 Å². The van der Waals surface area contributed by atoms with Gasteiger partial charge in [-0.1, -0.05) is 0 Å². The summed E-state index contributed by atoms with van der Waals surface area (Å²) >= 11 is 0. The van der Waals surface area contributed by atoms with Crippen LogP contribution < -0.4 is 11.1 Å². The SMILES string of the molecule is CCn1ncc(N)c1C(=O)N[C@@H](C)CO. The molecule has 0 fully saturated rings. The van der Waals surface area contributed by atoms with Crippen molar-refractivity contribution in [2.45, 2.75) is 26.4 Å². The lowest BCUT2D eigenvalue weighted by Gasteiger charge is -2.11. The molecule has 0 aliphatic rings. The van der Waals surface area contributed by atoms with E-state index < -0.39 is 0 Å². The van der Waals surface area contributed by atoms with E-state index in [0.29, 0.717) is 17.9 Å². The van der Waals surface area contributed by atoms with E-state index in [-0.39, 0.29) is 18.6 Å². The minimum Gasteiger partial charge on any atom is -0.396 e. The third kappa shape index (κ3) is 2.47. The Morgan fingerprint density at radius 3 is 3.00 bits per heavy atom. The maximum absolute atomic E-state index is 11.7. The highest BCUT2D eigenvalue weighted by atomic mass is 16.3. The molecule has 84 valence electrons. The molecule has 0 aliphatic carbocycles. The van der Waals surface area contributed by atoms with Gasteiger partial charge in [-0.3, -0.25) is 9.48 Å². The number of nitrogens with two attached hydrogens (primary N) is 1. The van der Waals surface area contributed by atoms with E-state index in [1.165, 1.54) is 10.9 Å². The normalized spacial score (nSPS) is 12.5. The van der Waals surface area contributed by atoms with Gasteiger partial charge in [-0.15, -0.1) is 0 Å². The molecule has 4 N–H and O–H groups in total. The van der Waals surface area contributed by atoms with Crippen LogP contribution in [0.2, 0.25) is 0 Å². The Morgan fingerprint density at radius 1 is 1.80 bits per heavy atom. The highest BCUT2D eigenvalue weighted by Gasteiger charge is 2.17. The Labute approximate surface area is 88.1 Å². The summed E-state index contributed by atoms with van der Waals surface area (Å²) in [5, 5.41) is 15.4. The van der Waals surface area contributed by atoms with Gasteiger partial charge in [-0.05, 0) is 13.8 Å². The first-order valence-corrected chi connectivity index (χ1v) is 4.83. The molecule has 1 rings (SSSR count). The van der Waals surface area contributed by atoms with Crippen molar-refractivity contribution in [2.75, 3.05) is 12.3 Å². The summed E-state index contributed by atoms with van der Waals surface area (Å²) in [6.45, 7) is 4.05. The molecule has 0 aromatic carbocycles. The summed E-state index contributed by atoms with van der Waals surface area (Å²) < 4.78 is 1.52. The van der Waals surface area contributed by atoms with Crippen LogP contribution in [-0.2, 0) is 6.54 Å². The monoisotopic (exact) mass is 212 g/mol. The molecule has 0 saturated heterocycles. The lowest BCUT2D eigenvalue weighted by atomic mass is 10.3. The van der Waals surface area contributed by atoms with Gasteiger partial charge in [0.15, 0.2) is 0 Å². The van der Waals surface area contributed by atoms with Crippen molar-refractivity contribution < 1.29 is 9.90 Å². The van der Waals surface area contributed by atoms with E-state index in [1.54, 1.807) is 6.92 Å². The molecule has 1 heterocycles.